The molecule has 0 radical (unpaired) electrons. The highest BCUT2D eigenvalue weighted by molar-refractivity contribution is 6.32. The Morgan fingerprint density at radius 3 is 2.41 bits per heavy atom. The van der Waals surface area contributed by atoms with E-state index < -0.39 is 35.4 Å². The van der Waals surface area contributed by atoms with E-state index in [4.69, 9.17) is 23.2 Å². The average Bonchev–Trinajstić information content (AvgIpc) is 3.45. The van der Waals surface area contributed by atoms with Crippen LogP contribution in [-0.2, 0) is 11.6 Å². The SMILES string of the molecule is C/C(Cl)=C\c1cnc(C2(CNC(=O)c3ncccc3C(F)(F)F)CC2)c(Cl)c1.FC(F)F. The number of rotatable bonds is 5. The fourth-order valence-electron chi connectivity index (χ4n) is 2.95. The summed E-state index contributed by atoms with van der Waals surface area (Å²) >= 11 is 12.2. The van der Waals surface area contributed by atoms with Gasteiger partial charge in [-0.1, -0.05) is 23.2 Å². The highest BCUT2D eigenvalue weighted by Crippen LogP contribution is 2.49. The van der Waals surface area contributed by atoms with Gasteiger partial charge in [0.2, 0.25) is 0 Å². The van der Waals surface area contributed by atoms with Gasteiger partial charge in [-0.2, -0.15) is 26.3 Å². The maximum atomic E-state index is 13.1. The van der Waals surface area contributed by atoms with Crippen molar-refractivity contribution < 1.29 is 31.1 Å². The second-order valence-corrected chi connectivity index (χ2v) is 7.94. The Morgan fingerprint density at radius 1 is 1.28 bits per heavy atom. The largest absolute Gasteiger partial charge is 0.418 e. The first-order chi connectivity index (χ1) is 14.9. The molecule has 32 heavy (non-hydrogen) atoms. The van der Waals surface area contributed by atoms with E-state index in [9.17, 15) is 31.1 Å². The van der Waals surface area contributed by atoms with E-state index in [0.29, 0.717) is 15.7 Å². The van der Waals surface area contributed by atoms with Gasteiger partial charge in [-0.05, 0) is 49.6 Å². The molecule has 12 heteroatoms. The van der Waals surface area contributed by atoms with E-state index in [-0.39, 0.29) is 6.54 Å². The summed E-state index contributed by atoms with van der Waals surface area (Å²) < 4.78 is 68.2. The maximum absolute atomic E-state index is 13.1. The van der Waals surface area contributed by atoms with Crippen LogP contribution in [-0.4, -0.2) is 29.1 Å². The second-order valence-electron chi connectivity index (χ2n) is 6.94. The van der Waals surface area contributed by atoms with Gasteiger partial charge < -0.3 is 5.32 Å². The Morgan fingerprint density at radius 2 is 1.91 bits per heavy atom. The molecule has 1 aliphatic carbocycles. The zero-order chi connectivity index (χ0) is 24.1. The Balaban J connectivity index is 0.000000837. The van der Waals surface area contributed by atoms with Crippen LogP contribution < -0.4 is 5.32 Å². The van der Waals surface area contributed by atoms with Gasteiger partial charge in [0.05, 0.1) is 16.3 Å². The third-order valence-electron chi connectivity index (χ3n) is 4.50. The van der Waals surface area contributed by atoms with E-state index >= 15 is 0 Å². The molecule has 4 nitrogen and oxygen atoms in total. The van der Waals surface area contributed by atoms with E-state index in [0.717, 1.165) is 36.7 Å². The Kier molecular flexibility index (Phi) is 8.53. The molecule has 1 amide bonds. The van der Waals surface area contributed by atoms with Crippen LogP contribution in [0.4, 0.5) is 26.3 Å². The molecule has 0 spiro atoms. The summed E-state index contributed by atoms with van der Waals surface area (Å²) in [7, 11) is 0. The van der Waals surface area contributed by atoms with E-state index in [1.165, 1.54) is 0 Å². The van der Waals surface area contributed by atoms with Crippen LogP contribution in [0, 0.1) is 0 Å². The van der Waals surface area contributed by atoms with Crippen LogP contribution in [0.3, 0.4) is 0 Å². The molecule has 174 valence electrons. The number of amides is 1. The van der Waals surface area contributed by atoms with Crippen molar-refractivity contribution in [2.24, 2.45) is 0 Å². The van der Waals surface area contributed by atoms with Gasteiger partial charge in [-0.15, -0.1) is 0 Å². The van der Waals surface area contributed by atoms with Crippen molar-refractivity contribution in [1.82, 2.24) is 15.3 Å². The lowest BCUT2D eigenvalue weighted by atomic mass is 10.0. The minimum absolute atomic E-state index is 0.121. The van der Waals surface area contributed by atoms with E-state index in [1.54, 1.807) is 25.3 Å². The molecule has 1 fully saturated rings. The molecule has 2 aromatic rings. The number of allylic oxidation sites excluding steroid dienone is 1. The molecular weight excluding hydrogens is 483 g/mol. The molecule has 0 bridgehead atoms. The zero-order valence-electron chi connectivity index (χ0n) is 16.5. The molecule has 0 unspecified atom stereocenters. The van der Waals surface area contributed by atoms with Crippen LogP contribution in [0.25, 0.3) is 6.08 Å². The zero-order valence-corrected chi connectivity index (χ0v) is 18.0. The quantitative estimate of drug-likeness (QED) is 0.485. The first-order valence-corrected chi connectivity index (χ1v) is 9.84. The average molecular weight is 500 g/mol. The summed E-state index contributed by atoms with van der Waals surface area (Å²) in [5, 5.41) is 3.56. The highest BCUT2D eigenvalue weighted by atomic mass is 35.5. The molecule has 0 saturated heterocycles. The number of hydrogen-bond acceptors (Lipinski definition) is 3. The fourth-order valence-corrected chi connectivity index (χ4v) is 3.45. The molecule has 0 aliphatic heterocycles. The molecule has 0 aromatic carbocycles. The molecule has 1 N–H and O–H groups in total. The second kappa shape index (κ2) is 10.5. The summed E-state index contributed by atoms with van der Waals surface area (Å²) in [6.45, 7) is -1.82. The molecular formula is C20H17Cl2F6N3O. The summed E-state index contributed by atoms with van der Waals surface area (Å²) in [4.78, 5) is 20.3. The minimum atomic E-state index is -4.66. The van der Waals surface area contributed by atoms with Crippen LogP contribution in [0.1, 0.15) is 47.1 Å². The predicted octanol–water partition coefficient (Wildman–Crippen LogP) is 6.39. The third-order valence-corrected chi connectivity index (χ3v) is 4.90. The Hall–Kier alpha value is -2.33. The monoisotopic (exact) mass is 499 g/mol. The molecule has 3 rings (SSSR count). The van der Waals surface area contributed by atoms with Gasteiger partial charge in [-0.3, -0.25) is 14.8 Å². The number of carbonyl (C=O) groups excluding carboxylic acids is 1. The molecule has 1 aliphatic rings. The van der Waals surface area contributed by atoms with Crippen molar-refractivity contribution >= 4 is 35.2 Å². The van der Waals surface area contributed by atoms with Crippen molar-refractivity contribution in [2.45, 2.75) is 38.0 Å². The summed E-state index contributed by atoms with van der Waals surface area (Å²) in [6.07, 6.45) is 1.27. The summed E-state index contributed by atoms with van der Waals surface area (Å²) in [5.41, 5.74) is -0.859. The number of carbonyl (C=O) groups is 1. The van der Waals surface area contributed by atoms with Gasteiger partial charge in [-0.25, -0.2) is 0 Å². The van der Waals surface area contributed by atoms with E-state index in [1.807, 2.05) is 0 Å². The lowest BCUT2D eigenvalue weighted by molar-refractivity contribution is -0.138. The van der Waals surface area contributed by atoms with Crippen LogP contribution >= 0.6 is 23.2 Å². The topological polar surface area (TPSA) is 54.9 Å². The first-order valence-electron chi connectivity index (χ1n) is 9.08. The number of halogens is 8. The van der Waals surface area contributed by atoms with Crippen LogP contribution in [0.15, 0.2) is 35.6 Å². The number of alkyl halides is 6. The van der Waals surface area contributed by atoms with Crippen LogP contribution in [0.2, 0.25) is 5.02 Å². The number of nitrogens with one attached hydrogen (secondary N) is 1. The van der Waals surface area contributed by atoms with Crippen molar-refractivity contribution in [3.63, 3.8) is 0 Å². The number of hydrogen-bond donors (Lipinski definition) is 1. The van der Waals surface area contributed by atoms with Crippen molar-refractivity contribution in [3.05, 3.63) is 63.2 Å². The van der Waals surface area contributed by atoms with Gasteiger partial charge in [0.15, 0.2) is 0 Å². The standard InChI is InChI=1S/C19H16Cl2F3N3O.CHF3/c1-11(20)7-12-8-14(21)16(26-9-12)18(4-5-18)10-27-17(28)15-13(19(22,23)24)3-2-6-25-15;2-1(3)4/h2-3,6-9H,4-5,10H2,1H3,(H,27,28);1H/b11-7+;. The maximum Gasteiger partial charge on any atom is 0.418 e. The van der Waals surface area contributed by atoms with Crippen molar-refractivity contribution in [3.8, 4) is 0 Å². The lowest BCUT2D eigenvalue weighted by Gasteiger charge is -2.18. The smallest absolute Gasteiger partial charge is 0.350 e. The van der Waals surface area contributed by atoms with E-state index in [2.05, 4.69) is 15.3 Å². The minimum Gasteiger partial charge on any atom is -0.350 e. The normalized spacial score (nSPS) is 15.1. The van der Waals surface area contributed by atoms with Crippen molar-refractivity contribution in [2.75, 3.05) is 6.54 Å². The fraction of sp³-hybridized carbons (Fsp3) is 0.350. The molecule has 2 heterocycles. The lowest BCUT2D eigenvalue weighted by Crippen LogP contribution is -2.34. The highest BCUT2D eigenvalue weighted by Gasteiger charge is 2.47. The van der Waals surface area contributed by atoms with Gasteiger partial charge in [0.25, 0.3) is 5.91 Å². The Labute approximate surface area is 189 Å². The molecule has 2 aromatic heterocycles. The summed E-state index contributed by atoms with van der Waals surface area (Å²) in [5.74, 6) is -0.882. The van der Waals surface area contributed by atoms with Gasteiger partial charge in [0, 0.05) is 29.4 Å². The van der Waals surface area contributed by atoms with Gasteiger partial charge in [0.1, 0.15) is 5.69 Å². The Bertz CT molecular complexity index is 987. The third kappa shape index (κ3) is 7.09. The van der Waals surface area contributed by atoms with Crippen LogP contribution in [0.5, 0.6) is 0 Å². The number of nitrogens with zero attached hydrogens (tertiary/aromatic N) is 2. The first kappa shape index (κ1) is 25.9. The van der Waals surface area contributed by atoms with Gasteiger partial charge >= 0.3 is 12.9 Å². The molecule has 1 saturated carbocycles. The van der Waals surface area contributed by atoms with Crippen molar-refractivity contribution in [1.29, 1.82) is 0 Å². The number of pyridine rings is 2. The predicted molar refractivity (Wildman–Crippen MR) is 108 cm³/mol. The number of aromatic nitrogens is 2. The summed E-state index contributed by atoms with van der Waals surface area (Å²) in [6, 6.07) is 3.70. The molecule has 0 atom stereocenters.